The van der Waals surface area contributed by atoms with E-state index >= 15 is 0 Å². The van der Waals surface area contributed by atoms with Crippen LogP contribution >= 0.6 is 0 Å². The van der Waals surface area contributed by atoms with E-state index in [1.807, 2.05) is 6.07 Å². The van der Waals surface area contributed by atoms with E-state index in [9.17, 15) is 10.1 Å². The van der Waals surface area contributed by atoms with Crippen molar-refractivity contribution < 1.29 is 4.92 Å². The minimum atomic E-state index is -0.548. The molecule has 0 radical (unpaired) electrons. The number of H-pyrrole nitrogens is 1. The van der Waals surface area contributed by atoms with Gasteiger partial charge in [0.05, 0.1) is 4.92 Å². The molecule has 0 aliphatic rings. The number of nitro groups is 1. The minimum Gasteiger partial charge on any atom is -0.379 e. The first-order valence-corrected chi connectivity index (χ1v) is 5.62. The molecule has 0 spiro atoms. The molecule has 7 heteroatoms. The molecule has 1 aromatic heterocycles. The maximum absolute atomic E-state index is 11.0. The van der Waals surface area contributed by atoms with Crippen LogP contribution in [-0.4, -0.2) is 21.4 Å². The molecule has 2 aromatic rings. The molecule has 0 bridgehead atoms. The number of benzene rings is 1. The number of rotatable bonds is 5. The lowest BCUT2D eigenvalue weighted by atomic mass is 10.1. The molecule has 0 atom stereocenters. The Morgan fingerprint density at radius 2 is 2.37 bits per heavy atom. The number of hydrogen-bond donors (Lipinski definition) is 2. The molecule has 2 N–H and O–H groups in total. The second-order valence-corrected chi connectivity index (χ2v) is 3.78. The van der Waals surface area contributed by atoms with Crippen LogP contribution in [0.25, 0.3) is 0 Å². The summed E-state index contributed by atoms with van der Waals surface area (Å²) in [5.74, 6) is 0.798. The number of nitrogens with one attached hydrogen (secondary N) is 2. The van der Waals surface area contributed by atoms with E-state index in [0.29, 0.717) is 18.7 Å². The quantitative estimate of drug-likeness (QED) is 0.627. The molecule has 19 heavy (non-hydrogen) atoms. The van der Waals surface area contributed by atoms with Crippen molar-refractivity contribution >= 4 is 11.4 Å². The minimum absolute atomic E-state index is 0.0491. The standard InChI is InChI=1S/C12H11N5O2/c13-8-9-2-1-3-10(12(9)17(18)19)14-5-4-11-15-6-7-16-11/h1-3,6-7,14H,4-5H2,(H,15,16). The van der Waals surface area contributed by atoms with Gasteiger partial charge in [0.1, 0.15) is 23.1 Å². The summed E-state index contributed by atoms with van der Waals surface area (Å²) in [6.07, 6.45) is 3.98. The fourth-order valence-corrected chi connectivity index (χ4v) is 1.72. The van der Waals surface area contributed by atoms with E-state index in [-0.39, 0.29) is 11.3 Å². The van der Waals surface area contributed by atoms with Gasteiger partial charge in [-0.25, -0.2) is 4.98 Å². The zero-order valence-corrected chi connectivity index (χ0v) is 9.96. The van der Waals surface area contributed by atoms with Gasteiger partial charge in [0.25, 0.3) is 0 Å². The van der Waals surface area contributed by atoms with Gasteiger partial charge in [-0.15, -0.1) is 0 Å². The molecule has 0 saturated carbocycles. The monoisotopic (exact) mass is 257 g/mol. The largest absolute Gasteiger partial charge is 0.379 e. The SMILES string of the molecule is N#Cc1cccc(NCCc2ncc[nH]2)c1[N+](=O)[O-]. The molecule has 0 amide bonds. The van der Waals surface area contributed by atoms with E-state index in [1.165, 1.54) is 6.07 Å². The van der Waals surface area contributed by atoms with Crippen molar-refractivity contribution in [2.75, 3.05) is 11.9 Å². The number of aromatic nitrogens is 2. The summed E-state index contributed by atoms with van der Waals surface area (Å²) in [7, 11) is 0. The first kappa shape index (κ1) is 12.6. The molecule has 7 nitrogen and oxygen atoms in total. The fraction of sp³-hybridized carbons (Fsp3) is 0.167. The zero-order valence-electron chi connectivity index (χ0n) is 9.96. The second kappa shape index (κ2) is 5.64. The van der Waals surface area contributed by atoms with Gasteiger partial charge >= 0.3 is 5.69 Å². The van der Waals surface area contributed by atoms with Crippen LogP contribution in [0.2, 0.25) is 0 Å². The van der Waals surface area contributed by atoms with Crippen LogP contribution in [0.15, 0.2) is 30.6 Å². The van der Waals surface area contributed by atoms with Crippen molar-refractivity contribution in [1.82, 2.24) is 9.97 Å². The summed E-state index contributed by atoms with van der Waals surface area (Å²) in [6, 6.07) is 6.44. The molecule has 1 heterocycles. The Labute approximate surface area is 109 Å². The average molecular weight is 257 g/mol. The van der Waals surface area contributed by atoms with Crippen LogP contribution in [-0.2, 0) is 6.42 Å². The van der Waals surface area contributed by atoms with Crippen molar-refractivity contribution in [1.29, 1.82) is 5.26 Å². The highest BCUT2D eigenvalue weighted by molar-refractivity contribution is 5.68. The zero-order chi connectivity index (χ0) is 13.7. The molecule has 1 aromatic carbocycles. The number of aromatic amines is 1. The van der Waals surface area contributed by atoms with Gasteiger partial charge < -0.3 is 10.3 Å². The smallest absolute Gasteiger partial charge is 0.309 e. The maximum Gasteiger partial charge on any atom is 0.309 e. The lowest BCUT2D eigenvalue weighted by Crippen LogP contribution is -2.08. The maximum atomic E-state index is 11.0. The summed E-state index contributed by atoms with van der Waals surface area (Å²) in [4.78, 5) is 17.4. The first-order valence-electron chi connectivity index (χ1n) is 5.62. The highest BCUT2D eigenvalue weighted by Crippen LogP contribution is 2.27. The van der Waals surface area contributed by atoms with Gasteiger partial charge in [-0.1, -0.05) is 6.07 Å². The van der Waals surface area contributed by atoms with E-state index in [0.717, 1.165) is 5.82 Å². The molecular weight excluding hydrogens is 246 g/mol. The van der Waals surface area contributed by atoms with Gasteiger partial charge in [-0.2, -0.15) is 5.26 Å². The van der Waals surface area contributed by atoms with Gasteiger partial charge in [0, 0.05) is 25.4 Å². The molecule has 0 aliphatic carbocycles. The Kier molecular flexibility index (Phi) is 3.73. The molecule has 0 fully saturated rings. The van der Waals surface area contributed by atoms with Crippen LogP contribution in [0.4, 0.5) is 11.4 Å². The van der Waals surface area contributed by atoms with Gasteiger partial charge in [-0.05, 0) is 12.1 Å². The summed E-state index contributed by atoms with van der Waals surface area (Å²) in [5, 5.41) is 22.8. The summed E-state index contributed by atoms with van der Waals surface area (Å²) >= 11 is 0. The van der Waals surface area contributed by atoms with E-state index in [4.69, 9.17) is 5.26 Å². The van der Waals surface area contributed by atoms with Crippen molar-refractivity contribution in [3.05, 3.63) is 52.1 Å². The summed E-state index contributed by atoms with van der Waals surface area (Å²) < 4.78 is 0. The Morgan fingerprint density at radius 1 is 1.53 bits per heavy atom. The van der Waals surface area contributed by atoms with Crippen molar-refractivity contribution in [2.45, 2.75) is 6.42 Å². The normalized spacial score (nSPS) is 9.84. The number of hydrogen-bond acceptors (Lipinski definition) is 5. The van der Waals surface area contributed by atoms with E-state index < -0.39 is 4.92 Å². The Morgan fingerprint density at radius 3 is 3.00 bits per heavy atom. The third kappa shape index (κ3) is 2.87. The molecule has 0 aliphatic heterocycles. The van der Waals surface area contributed by atoms with Crippen molar-refractivity contribution in [3.63, 3.8) is 0 Å². The predicted molar refractivity (Wildman–Crippen MR) is 68.6 cm³/mol. The van der Waals surface area contributed by atoms with Crippen LogP contribution in [0.3, 0.4) is 0 Å². The Hall–Kier alpha value is -2.88. The number of imidazole rings is 1. The Balaban J connectivity index is 2.12. The number of nitro benzene ring substituents is 1. The van der Waals surface area contributed by atoms with Crippen LogP contribution in [0.5, 0.6) is 0 Å². The molecule has 2 rings (SSSR count). The molecule has 0 saturated heterocycles. The number of nitriles is 1. The van der Waals surface area contributed by atoms with E-state index in [1.54, 1.807) is 24.5 Å². The van der Waals surface area contributed by atoms with Crippen LogP contribution in [0, 0.1) is 21.4 Å². The third-order valence-electron chi connectivity index (χ3n) is 2.57. The first-order chi connectivity index (χ1) is 9.22. The third-order valence-corrected chi connectivity index (χ3v) is 2.57. The Bertz CT molecular complexity index is 616. The topological polar surface area (TPSA) is 108 Å². The lowest BCUT2D eigenvalue weighted by Gasteiger charge is -2.06. The van der Waals surface area contributed by atoms with E-state index in [2.05, 4.69) is 15.3 Å². The van der Waals surface area contributed by atoms with Gasteiger partial charge in [-0.3, -0.25) is 10.1 Å². The van der Waals surface area contributed by atoms with Crippen LogP contribution < -0.4 is 5.32 Å². The summed E-state index contributed by atoms with van der Waals surface area (Å²) in [6.45, 7) is 0.489. The summed E-state index contributed by atoms with van der Waals surface area (Å²) in [5.41, 5.74) is 0.202. The predicted octanol–water partition coefficient (Wildman–Crippen LogP) is 1.84. The molecule has 96 valence electrons. The molecular formula is C12H11N5O2. The highest BCUT2D eigenvalue weighted by atomic mass is 16.6. The van der Waals surface area contributed by atoms with Crippen LogP contribution in [0.1, 0.15) is 11.4 Å². The number of anilines is 1. The van der Waals surface area contributed by atoms with Gasteiger partial charge in [0.15, 0.2) is 0 Å². The van der Waals surface area contributed by atoms with Crippen molar-refractivity contribution in [2.24, 2.45) is 0 Å². The second-order valence-electron chi connectivity index (χ2n) is 3.78. The lowest BCUT2D eigenvalue weighted by molar-refractivity contribution is -0.384. The molecule has 0 unspecified atom stereocenters. The van der Waals surface area contributed by atoms with Gasteiger partial charge in [0.2, 0.25) is 0 Å². The average Bonchev–Trinajstić information content (AvgIpc) is 2.91. The van der Waals surface area contributed by atoms with Crippen molar-refractivity contribution in [3.8, 4) is 6.07 Å². The highest BCUT2D eigenvalue weighted by Gasteiger charge is 2.18. The fourth-order valence-electron chi connectivity index (χ4n) is 1.72. The number of nitrogens with zero attached hydrogens (tertiary/aromatic N) is 3. The number of para-hydroxylation sites is 1.